The quantitative estimate of drug-likeness (QED) is 0.633. The third kappa shape index (κ3) is 3.07. The molecule has 0 aromatic rings. The van der Waals surface area contributed by atoms with E-state index in [1.165, 1.54) is 0 Å². The summed E-state index contributed by atoms with van der Waals surface area (Å²) in [7, 11) is 0. The zero-order valence-corrected chi connectivity index (χ0v) is 9.00. The highest BCUT2D eigenvalue weighted by Gasteiger charge is 2.20. The van der Waals surface area contributed by atoms with Gasteiger partial charge in [0.05, 0.1) is 13.2 Å². The third-order valence-electron chi connectivity index (χ3n) is 2.97. The van der Waals surface area contributed by atoms with Gasteiger partial charge < -0.3 is 20.3 Å². The van der Waals surface area contributed by atoms with Crippen molar-refractivity contribution in [1.29, 1.82) is 0 Å². The van der Waals surface area contributed by atoms with Crippen LogP contribution in [0.2, 0.25) is 0 Å². The molecule has 0 unspecified atom stereocenters. The molecule has 0 saturated carbocycles. The molecule has 2 saturated heterocycles. The Morgan fingerprint density at radius 3 is 2.60 bits per heavy atom. The number of amides is 2. The molecule has 0 radical (unpaired) electrons. The third-order valence-corrected chi connectivity index (χ3v) is 2.97. The predicted molar refractivity (Wildman–Crippen MR) is 56.8 cm³/mol. The maximum atomic E-state index is 11.8. The van der Waals surface area contributed by atoms with E-state index in [4.69, 9.17) is 4.74 Å². The van der Waals surface area contributed by atoms with Crippen molar-refractivity contribution in [3.63, 3.8) is 0 Å². The molecule has 2 rings (SSSR count). The second-order valence-corrected chi connectivity index (χ2v) is 4.07. The summed E-state index contributed by atoms with van der Waals surface area (Å²) >= 11 is 0. The Morgan fingerprint density at radius 1 is 1.27 bits per heavy atom. The molecule has 0 aromatic heterocycles. The van der Waals surface area contributed by atoms with E-state index >= 15 is 0 Å². The number of hydrogen-bond acceptors (Lipinski definition) is 3. The SMILES string of the molecule is O=C(NC1CCNCC1)N1CCOCC1. The summed E-state index contributed by atoms with van der Waals surface area (Å²) in [5, 5.41) is 6.36. The molecule has 0 atom stereocenters. The molecule has 0 aliphatic carbocycles. The molecule has 5 nitrogen and oxygen atoms in total. The molecular formula is C10H19N3O2. The van der Waals surface area contributed by atoms with Gasteiger partial charge in [0.25, 0.3) is 0 Å². The molecule has 5 heteroatoms. The summed E-state index contributed by atoms with van der Waals surface area (Å²) < 4.78 is 5.21. The number of rotatable bonds is 1. The van der Waals surface area contributed by atoms with Gasteiger partial charge in [-0.1, -0.05) is 0 Å². The first-order chi connectivity index (χ1) is 7.36. The van der Waals surface area contributed by atoms with E-state index < -0.39 is 0 Å². The van der Waals surface area contributed by atoms with E-state index in [1.54, 1.807) is 0 Å². The van der Waals surface area contributed by atoms with Crippen molar-refractivity contribution in [2.75, 3.05) is 39.4 Å². The van der Waals surface area contributed by atoms with Crippen LogP contribution in [0.15, 0.2) is 0 Å². The van der Waals surface area contributed by atoms with Gasteiger partial charge in [0, 0.05) is 19.1 Å². The van der Waals surface area contributed by atoms with Crippen LogP contribution in [-0.2, 0) is 4.74 Å². The minimum atomic E-state index is 0.0743. The van der Waals surface area contributed by atoms with Crippen LogP contribution in [0.1, 0.15) is 12.8 Å². The highest BCUT2D eigenvalue weighted by molar-refractivity contribution is 5.74. The average Bonchev–Trinajstić information content (AvgIpc) is 2.31. The van der Waals surface area contributed by atoms with Crippen LogP contribution in [-0.4, -0.2) is 56.4 Å². The zero-order chi connectivity index (χ0) is 10.5. The summed E-state index contributed by atoms with van der Waals surface area (Å²) in [6.07, 6.45) is 2.08. The maximum Gasteiger partial charge on any atom is 0.317 e. The summed E-state index contributed by atoms with van der Waals surface area (Å²) in [4.78, 5) is 13.6. The fourth-order valence-electron chi connectivity index (χ4n) is 2.00. The standard InChI is InChI=1S/C10H19N3O2/c14-10(13-5-7-15-8-6-13)12-9-1-3-11-4-2-9/h9,11H,1-8H2,(H,12,14). The fraction of sp³-hybridized carbons (Fsp3) is 0.900. The lowest BCUT2D eigenvalue weighted by molar-refractivity contribution is 0.0522. The van der Waals surface area contributed by atoms with Crippen LogP contribution in [0.25, 0.3) is 0 Å². The molecule has 86 valence electrons. The van der Waals surface area contributed by atoms with Crippen molar-refractivity contribution >= 4 is 6.03 Å². The van der Waals surface area contributed by atoms with Gasteiger partial charge in [-0.25, -0.2) is 4.79 Å². The molecule has 0 aromatic carbocycles. The second-order valence-electron chi connectivity index (χ2n) is 4.07. The first-order valence-corrected chi connectivity index (χ1v) is 5.70. The molecule has 0 spiro atoms. The Labute approximate surface area is 90.1 Å². The molecule has 2 amide bonds. The number of carbonyl (C=O) groups excluding carboxylic acids is 1. The highest BCUT2D eigenvalue weighted by Crippen LogP contribution is 2.04. The Hall–Kier alpha value is -0.810. The summed E-state index contributed by atoms with van der Waals surface area (Å²) in [5.74, 6) is 0. The Bertz CT molecular complexity index is 211. The van der Waals surface area contributed by atoms with Crippen molar-refractivity contribution in [2.45, 2.75) is 18.9 Å². The molecular weight excluding hydrogens is 194 g/mol. The molecule has 2 heterocycles. The van der Waals surface area contributed by atoms with Gasteiger partial charge in [-0.15, -0.1) is 0 Å². The number of carbonyl (C=O) groups is 1. The number of hydrogen-bond donors (Lipinski definition) is 2. The van der Waals surface area contributed by atoms with Crippen molar-refractivity contribution in [2.24, 2.45) is 0 Å². The largest absolute Gasteiger partial charge is 0.378 e. The van der Waals surface area contributed by atoms with E-state index in [0.29, 0.717) is 19.3 Å². The smallest absolute Gasteiger partial charge is 0.317 e. The Morgan fingerprint density at radius 2 is 1.93 bits per heavy atom. The van der Waals surface area contributed by atoms with Gasteiger partial charge in [-0.3, -0.25) is 0 Å². The van der Waals surface area contributed by atoms with E-state index in [2.05, 4.69) is 10.6 Å². The number of piperidine rings is 1. The van der Waals surface area contributed by atoms with Gasteiger partial charge >= 0.3 is 6.03 Å². The van der Waals surface area contributed by atoms with Crippen LogP contribution in [0, 0.1) is 0 Å². The van der Waals surface area contributed by atoms with E-state index in [0.717, 1.165) is 39.0 Å². The van der Waals surface area contributed by atoms with Crippen molar-refractivity contribution in [3.8, 4) is 0 Å². The Kier molecular flexibility index (Phi) is 3.80. The lowest BCUT2D eigenvalue weighted by Gasteiger charge is -2.30. The molecule has 2 aliphatic heterocycles. The number of morpholine rings is 1. The minimum absolute atomic E-state index is 0.0743. The Balaban J connectivity index is 1.74. The normalized spacial score (nSPS) is 23.9. The van der Waals surface area contributed by atoms with Gasteiger partial charge in [0.1, 0.15) is 0 Å². The number of nitrogens with one attached hydrogen (secondary N) is 2. The van der Waals surface area contributed by atoms with Crippen LogP contribution in [0.3, 0.4) is 0 Å². The van der Waals surface area contributed by atoms with Crippen LogP contribution < -0.4 is 10.6 Å². The molecule has 2 aliphatic rings. The second kappa shape index (κ2) is 5.32. The van der Waals surface area contributed by atoms with Crippen LogP contribution in [0.4, 0.5) is 4.79 Å². The van der Waals surface area contributed by atoms with Crippen molar-refractivity contribution in [1.82, 2.24) is 15.5 Å². The summed E-state index contributed by atoms with van der Waals surface area (Å²) in [5.41, 5.74) is 0. The van der Waals surface area contributed by atoms with E-state index in [9.17, 15) is 4.79 Å². The number of nitrogens with zero attached hydrogens (tertiary/aromatic N) is 1. The first kappa shape index (κ1) is 10.7. The predicted octanol–water partition coefficient (Wildman–Crippen LogP) is -0.220. The minimum Gasteiger partial charge on any atom is -0.378 e. The summed E-state index contributed by atoms with van der Waals surface area (Å²) in [6.45, 7) is 4.79. The lowest BCUT2D eigenvalue weighted by Crippen LogP contribution is -2.51. The van der Waals surface area contributed by atoms with E-state index in [1.807, 2.05) is 4.90 Å². The number of ether oxygens (including phenoxy) is 1. The van der Waals surface area contributed by atoms with E-state index in [-0.39, 0.29) is 6.03 Å². The number of urea groups is 1. The fourth-order valence-corrected chi connectivity index (χ4v) is 2.00. The molecule has 0 bridgehead atoms. The van der Waals surface area contributed by atoms with Gasteiger partial charge in [0.15, 0.2) is 0 Å². The highest BCUT2D eigenvalue weighted by atomic mass is 16.5. The average molecular weight is 213 g/mol. The topological polar surface area (TPSA) is 53.6 Å². The summed E-state index contributed by atoms with van der Waals surface area (Å²) in [6, 6.07) is 0.423. The maximum absolute atomic E-state index is 11.8. The molecule has 2 N–H and O–H groups in total. The van der Waals surface area contributed by atoms with Crippen LogP contribution >= 0.6 is 0 Å². The van der Waals surface area contributed by atoms with Gasteiger partial charge in [0.2, 0.25) is 0 Å². The monoisotopic (exact) mass is 213 g/mol. The van der Waals surface area contributed by atoms with Crippen LogP contribution in [0.5, 0.6) is 0 Å². The lowest BCUT2D eigenvalue weighted by atomic mass is 10.1. The zero-order valence-electron chi connectivity index (χ0n) is 9.00. The van der Waals surface area contributed by atoms with Gasteiger partial charge in [-0.05, 0) is 25.9 Å². The first-order valence-electron chi connectivity index (χ1n) is 5.70. The molecule has 2 fully saturated rings. The molecule has 15 heavy (non-hydrogen) atoms. The van der Waals surface area contributed by atoms with Crippen molar-refractivity contribution < 1.29 is 9.53 Å². The van der Waals surface area contributed by atoms with Crippen molar-refractivity contribution in [3.05, 3.63) is 0 Å². The van der Waals surface area contributed by atoms with Gasteiger partial charge in [-0.2, -0.15) is 0 Å².